The summed E-state index contributed by atoms with van der Waals surface area (Å²) in [6.07, 6.45) is 10.4. The van der Waals surface area contributed by atoms with Gasteiger partial charge in [0.15, 0.2) is 0 Å². The molecule has 10 aromatic carbocycles. The molecule has 0 aliphatic carbocycles. The summed E-state index contributed by atoms with van der Waals surface area (Å²) in [5.41, 5.74) is 10.0. The van der Waals surface area contributed by atoms with Crippen molar-refractivity contribution in [3.05, 3.63) is 212 Å². The predicted octanol–water partition coefficient (Wildman–Crippen LogP) is 16.8. The van der Waals surface area contributed by atoms with Crippen LogP contribution in [0.25, 0.3) is 104 Å². The molecule has 1 heterocycles. The minimum atomic E-state index is 0.979. The van der Waals surface area contributed by atoms with Gasteiger partial charge in [-0.25, -0.2) is 0 Å². The summed E-state index contributed by atoms with van der Waals surface area (Å²) in [5, 5.41) is 15.5. The number of fused-ring (bicyclic) bond motifs is 6. The van der Waals surface area contributed by atoms with Gasteiger partial charge in [0, 0.05) is 16.5 Å². The Bertz CT molecular complexity index is 3370. The maximum Gasteiger partial charge on any atom is 0.0541 e. The highest BCUT2D eigenvalue weighted by atomic mass is 15.0. The van der Waals surface area contributed by atoms with Crippen molar-refractivity contribution in [2.75, 3.05) is 0 Å². The average molecular weight is 756 g/mol. The fourth-order valence-corrected chi connectivity index (χ4v) is 9.30. The van der Waals surface area contributed by atoms with E-state index in [4.69, 9.17) is 0 Å². The molecule has 0 atom stereocenters. The molecular weight excluding hydrogens is 711 g/mol. The Morgan fingerprint density at radius 1 is 0.492 bits per heavy atom. The molecule has 0 aliphatic rings. The van der Waals surface area contributed by atoms with Crippen molar-refractivity contribution >= 4 is 75.7 Å². The monoisotopic (exact) mass is 755 g/mol. The van der Waals surface area contributed by atoms with E-state index in [1.165, 1.54) is 109 Å². The third-order valence-corrected chi connectivity index (χ3v) is 12.0. The average Bonchev–Trinajstić information content (AvgIpc) is 3.64. The number of nitrogens with zero attached hydrogens (tertiary/aromatic N) is 1. The molecule has 1 heteroatoms. The highest BCUT2D eigenvalue weighted by Crippen LogP contribution is 2.45. The van der Waals surface area contributed by atoms with Crippen LogP contribution in [-0.2, 0) is 0 Å². The van der Waals surface area contributed by atoms with E-state index in [0.717, 1.165) is 12.8 Å². The maximum absolute atomic E-state index is 3.68. The molecule has 0 spiro atoms. The van der Waals surface area contributed by atoms with Crippen molar-refractivity contribution in [3.8, 4) is 27.9 Å². The Morgan fingerprint density at radius 2 is 1.07 bits per heavy atom. The van der Waals surface area contributed by atoms with Gasteiger partial charge in [-0.15, -0.1) is 6.58 Å². The molecule has 11 aromatic rings. The summed E-state index contributed by atoms with van der Waals surface area (Å²) in [6.45, 7) is 7.87. The lowest BCUT2D eigenvalue weighted by Crippen LogP contribution is -1.94. The number of para-hydroxylation sites is 2. The fourth-order valence-electron chi connectivity index (χ4n) is 9.30. The molecule has 59 heavy (non-hydrogen) atoms. The highest BCUT2D eigenvalue weighted by Gasteiger charge is 2.18. The van der Waals surface area contributed by atoms with E-state index >= 15 is 0 Å². The van der Waals surface area contributed by atoms with E-state index in [1.54, 1.807) is 0 Å². The molecule has 0 saturated heterocycles. The lowest BCUT2D eigenvalue weighted by molar-refractivity contribution is 1.18. The maximum atomic E-state index is 3.68. The van der Waals surface area contributed by atoms with Gasteiger partial charge >= 0.3 is 0 Å². The van der Waals surface area contributed by atoms with Crippen LogP contribution in [0.1, 0.15) is 26.7 Å². The SMILES string of the molecule is C=CCC(/C=C\CC)=C/C.c1cc(-c2ccc3ccc4c(-c5cc6ccccc6c6ccccc56)ccc5ccc2c3c54)cc(-n2c3ccccc3c3ccccc32)c1. The van der Waals surface area contributed by atoms with Crippen LogP contribution in [0.3, 0.4) is 0 Å². The molecule has 0 saturated carbocycles. The summed E-state index contributed by atoms with van der Waals surface area (Å²) in [5.74, 6) is 0. The second-order valence-electron chi connectivity index (χ2n) is 15.4. The van der Waals surface area contributed by atoms with Crippen LogP contribution in [0.2, 0.25) is 0 Å². The van der Waals surface area contributed by atoms with Gasteiger partial charge in [0.25, 0.3) is 0 Å². The molecule has 282 valence electrons. The van der Waals surface area contributed by atoms with Gasteiger partial charge in [-0.2, -0.15) is 0 Å². The fraction of sp³-hybridized carbons (Fsp3) is 0.0690. The standard InChI is InChI=1S/C48H29N.C10H16/c1-2-13-35-33(10-1)29-44(38-15-4-3-14-37(35)38)39-25-21-31-22-26-42-36(24-20-30-23-27-43(39)48(31)47(30)42)32-11-9-12-34(28-32)49-45-18-7-5-16-40(45)41-17-6-8-19-46(41)49;1-4-7-9-10(6-3)8-5-2/h1-29H;5-7,9H,2,4,8H2,1,3H3/b;9-7-,10-6-. The summed E-state index contributed by atoms with van der Waals surface area (Å²) >= 11 is 0. The molecule has 0 fully saturated rings. The van der Waals surface area contributed by atoms with Crippen molar-refractivity contribution in [2.24, 2.45) is 0 Å². The second-order valence-corrected chi connectivity index (χ2v) is 15.4. The lowest BCUT2D eigenvalue weighted by atomic mass is 9.85. The third kappa shape index (κ3) is 6.18. The Hall–Kier alpha value is -7.22. The van der Waals surface area contributed by atoms with E-state index in [-0.39, 0.29) is 0 Å². The zero-order chi connectivity index (χ0) is 39.9. The quantitative estimate of drug-likeness (QED) is 0.0867. The van der Waals surface area contributed by atoms with Crippen molar-refractivity contribution in [1.29, 1.82) is 0 Å². The predicted molar refractivity (Wildman–Crippen MR) is 258 cm³/mol. The second kappa shape index (κ2) is 15.3. The summed E-state index contributed by atoms with van der Waals surface area (Å²) in [4.78, 5) is 0. The third-order valence-electron chi connectivity index (χ3n) is 12.0. The van der Waals surface area contributed by atoms with E-state index in [2.05, 4.69) is 219 Å². The van der Waals surface area contributed by atoms with Gasteiger partial charge in [0.05, 0.1) is 11.0 Å². The minimum absolute atomic E-state index is 0.979. The minimum Gasteiger partial charge on any atom is -0.309 e. The highest BCUT2D eigenvalue weighted by molar-refractivity contribution is 6.29. The van der Waals surface area contributed by atoms with Crippen LogP contribution in [0.5, 0.6) is 0 Å². The van der Waals surface area contributed by atoms with E-state index in [1.807, 2.05) is 6.08 Å². The van der Waals surface area contributed by atoms with Gasteiger partial charge in [0.2, 0.25) is 0 Å². The Balaban J connectivity index is 0.000000376. The first kappa shape index (κ1) is 36.1. The van der Waals surface area contributed by atoms with Crippen LogP contribution in [0.4, 0.5) is 0 Å². The number of hydrogen-bond donors (Lipinski definition) is 0. The van der Waals surface area contributed by atoms with Gasteiger partial charge < -0.3 is 4.57 Å². The summed E-state index contributed by atoms with van der Waals surface area (Å²) in [7, 11) is 0. The topological polar surface area (TPSA) is 4.93 Å². The summed E-state index contributed by atoms with van der Waals surface area (Å²) in [6, 6.07) is 65.1. The number of hydrogen-bond acceptors (Lipinski definition) is 0. The first-order valence-corrected chi connectivity index (χ1v) is 20.8. The van der Waals surface area contributed by atoms with Crippen molar-refractivity contribution < 1.29 is 0 Å². The van der Waals surface area contributed by atoms with E-state index in [9.17, 15) is 0 Å². The first-order chi connectivity index (χ1) is 29.2. The molecule has 0 amide bonds. The number of rotatable bonds is 7. The molecule has 0 unspecified atom stereocenters. The zero-order valence-corrected chi connectivity index (χ0v) is 33.6. The van der Waals surface area contributed by atoms with Crippen LogP contribution < -0.4 is 0 Å². The molecule has 1 aromatic heterocycles. The normalized spacial score (nSPS) is 12.1. The van der Waals surface area contributed by atoms with Gasteiger partial charge in [-0.1, -0.05) is 177 Å². The smallest absolute Gasteiger partial charge is 0.0541 e. The van der Waals surface area contributed by atoms with Crippen LogP contribution in [-0.4, -0.2) is 4.57 Å². The Kier molecular flexibility index (Phi) is 9.35. The van der Waals surface area contributed by atoms with Crippen molar-refractivity contribution in [2.45, 2.75) is 26.7 Å². The molecule has 0 bridgehead atoms. The number of allylic oxidation sites excluding steroid dienone is 5. The van der Waals surface area contributed by atoms with E-state index in [0.29, 0.717) is 0 Å². The van der Waals surface area contributed by atoms with E-state index < -0.39 is 0 Å². The van der Waals surface area contributed by atoms with Gasteiger partial charge in [-0.05, 0) is 132 Å². The van der Waals surface area contributed by atoms with Crippen molar-refractivity contribution in [3.63, 3.8) is 0 Å². The number of benzene rings is 10. The lowest BCUT2D eigenvalue weighted by Gasteiger charge is -2.18. The molecule has 1 nitrogen and oxygen atoms in total. The summed E-state index contributed by atoms with van der Waals surface area (Å²) < 4.78 is 2.41. The zero-order valence-electron chi connectivity index (χ0n) is 33.6. The molecular formula is C58H45N. The first-order valence-electron chi connectivity index (χ1n) is 20.8. The van der Waals surface area contributed by atoms with Crippen LogP contribution in [0.15, 0.2) is 212 Å². The van der Waals surface area contributed by atoms with Crippen molar-refractivity contribution in [1.82, 2.24) is 4.57 Å². The molecule has 0 radical (unpaired) electrons. The molecule has 11 rings (SSSR count). The van der Waals surface area contributed by atoms with Gasteiger partial charge in [0.1, 0.15) is 0 Å². The van der Waals surface area contributed by atoms with Crippen LogP contribution >= 0.6 is 0 Å². The largest absolute Gasteiger partial charge is 0.309 e. The van der Waals surface area contributed by atoms with Gasteiger partial charge in [-0.3, -0.25) is 0 Å². The Morgan fingerprint density at radius 3 is 1.73 bits per heavy atom. The number of aromatic nitrogens is 1. The molecule has 0 N–H and O–H groups in total. The van der Waals surface area contributed by atoms with Crippen LogP contribution in [0, 0.1) is 0 Å². The molecule has 0 aliphatic heterocycles. The Labute approximate surface area is 345 Å².